The molecule has 2 N–H and O–H groups in total. The number of hydrogen-bond acceptors (Lipinski definition) is 2. The van der Waals surface area contributed by atoms with Crippen molar-refractivity contribution in [1.29, 1.82) is 0 Å². The van der Waals surface area contributed by atoms with Crippen molar-refractivity contribution in [3.8, 4) is 5.75 Å². The van der Waals surface area contributed by atoms with Crippen LogP contribution >= 0.6 is 0 Å². The first-order chi connectivity index (χ1) is 10.3. The number of carbonyl (C=O) groups is 1. The van der Waals surface area contributed by atoms with E-state index in [0.717, 1.165) is 30.8 Å². The topological polar surface area (TPSA) is 42.8 Å². The molecule has 1 aliphatic rings. The van der Waals surface area contributed by atoms with Gasteiger partial charge >= 0.3 is 0 Å². The molecule has 0 radical (unpaired) electrons. The summed E-state index contributed by atoms with van der Waals surface area (Å²) < 4.78 is 5.32. The zero-order valence-electron chi connectivity index (χ0n) is 13.0. The van der Waals surface area contributed by atoms with Gasteiger partial charge < -0.3 is 15.0 Å². The number of methoxy groups -OCH3 is 1. The van der Waals surface area contributed by atoms with Gasteiger partial charge in [0.1, 0.15) is 5.75 Å². The fraction of sp³-hybridized carbons (Fsp3) is 0.588. The minimum atomic E-state index is 0.168. The average Bonchev–Trinajstić information content (AvgIpc) is 2.76. The van der Waals surface area contributed by atoms with Crippen LogP contribution < -0.4 is 15.0 Å². The summed E-state index contributed by atoms with van der Waals surface area (Å²) in [5.74, 6) is 1.06. The Kier molecular flexibility index (Phi) is 6.54. The highest BCUT2D eigenvalue weighted by Gasteiger charge is 2.15. The molecule has 0 aliphatic carbocycles. The maximum Gasteiger partial charge on any atom is 0.275 e. The third-order valence-corrected chi connectivity index (χ3v) is 4.13. The minimum absolute atomic E-state index is 0.168. The van der Waals surface area contributed by atoms with E-state index in [0.29, 0.717) is 13.1 Å². The maximum atomic E-state index is 12.0. The highest BCUT2D eigenvalue weighted by molar-refractivity contribution is 5.76. The van der Waals surface area contributed by atoms with Crippen molar-refractivity contribution < 1.29 is 14.4 Å². The molecule has 0 spiro atoms. The van der Waals surface area contributed by atoms with Crippen LogP contribution in [0.2, 0.25) is 0 Å². The second-order valence-corrected chi connectivity index (χ2v) is 5.75. The Morgan fingerprint density at radius 3 is 2.62 bits per heavy atom. The van der Waals surface area contributed by atoms with E-state index in [1.165, 1.54) is 30.6 Å². The molecule has 0 bridgehead atoms. The minimum Gasteiger partial charge on any atom is -0.496 e. The number of likely N-dealkylation sites (tertiary alicyclic amines) is 1. The van der Waals surface area contributed by atoms with Gasteiger partial charge in [0.05, 0.1) is 20.2 Å². The Morgan fingerprint density at radius 2 is 1.90 bits per heavy atom. The molecule has 2 rings (SSSR count). The molecule has 1 aliphatic heterocycles. The summed E-state index contributed by atoms with van der Waals surface area (Å²) in [4.78, 5) is 13.4. The van der Waals surface area contributed by atoms with Crippen LogP contribution in [0.4, 0.5) is 0 Å². The fourth-order valence-corrected chi connectivity index (χ4v) is 2.94. The zero-order chi connectivity index (χ0) is 14.9. The molecule has 4 heteroatoms. The van der Waals surface area contributed by atoms with E-state index in [4.69, 9.17) is 4.74 Å². The van der Waals surface area contributed by atoms with Gasteiger partial charge in [-0.2, -0.15) is 0 Å². The molecule has 0 aromatic heterocycles. The number of nitrogens with one attached hydrogen (secondary N) is 2. The van der Waals surface area contributed by atoms with Gasteiger partial charge in [0.2, 0.25) is 0 Å². The van der Waals surface area contributed by atoms with Crippen LogP contribution in [-0.4, -0.2) is 39.2 Å². The van der Waals surface area contributed by atoms with E-state index in [-0.39, 0.29) is 5.91 Å². The molecule has 1 saturated heterocycles. The summed E-state index contributed by atoms with van der Waals surface area (Å²) in [7, 11) is 1.68. The smallest absolute Gasteiger partial charge is 0.275 e. The number of ether oxygens (including phenoxy) is 1. The monoisotopic (exact) mass is 291 g/mol. The second kappa shape index (κ2) is 8.67. The predicted octanol–water partition coefficient (Wildman–Crippen LogP) is 0.813. The van der Waals surface area contributed by atoms with E-state index >= 15 is 0 Å². The van der Waals surface area contributed by atoms with Gasteiger partial charge in [-0.15, -0.1) is 0 Å². The highest BCUT2D eigenvalue weighted by Crippen LogP contribution is 2.17. The van der Waals surface area contributed by atoms with Crippen LogP contribution in [0.15, 0.2) is 24.3 Å². The number of hydrogen-bond donors (Lipinski definition) is 2. The maximum absolute atomic E-state index is 12.0. The van der Waals surface area contributed by atoms with Gasteiger partial charge in [-0.25, -0.2) is 0 Å². The molecular formula is C17H27N2O2+. The normalized spacial score (nSPS) is 16.2. The van der Waals surface area contributed by atoms with Crippen molar-refractivity contribution in [1.82, 2.24) is 5.32 Å². The molecule has 116 valence electrons. The summed E-state index contributed by atoms with van der Waals surface area (Å²) >= 11 is 0. The molecule has 0 unspecified atom stereocenters. The van der Waals surface area contributed by atoms with Crippen LogP contribution in [-0.2, 0) is 11.2 Å². The molecule has 1 fully saturated rings. The summed E-state index contributed by atoms with van der Waals surface area (Å²) in [5, 5.41) is 3.03. The second-order valence-electron chi connectivity index (χ2n) is 5.75. The number of carbonyl (C=O) groups excluding carboxylic acids is 1. The van der Waals surface area contributed by atoms with Gasteiger partial charge in [-0.3, -0.25) is 4.79 Å². The molecule has 1 aromatic rings. The first-order valence-corrected chi connectivity index (χ1v) is 8.02. The molecule has 0 atom stereocenters. The van der Waals surface area contributed by atoms with Crippen LogP contribution in [0.1, 0.15) is 31.2 Å². The lowest BCUT2D eigenvalue weighted by atomic mass is 10.1. The van der Waals surface area contributed by atoms with Gasteiger partial charge in [-0.1, -0.05) is 18.2 Å². The van der Waals surface area contributed by atoms with Crippen molar-refractivity contribution in [3.63, 3.8) is 0 Å². The summed E-state index contributed by atoms with van der Waals surface area (Å²) in [6.45, 7) is 3.57. The van der Waals surface area contributed by atoms with Crippen LogP contribution in [0.5, 0.6) is 5.75 Å². The van der Waals surface area contributed by atoms with Crippen molar-refractivity contribution in [2.45, 2.75) is 32.1 Å². The average molecular weight is 291 g/mol. The summed E-state index contributed by atoms with van der Waals surface area (Å²) in [6.07, 6.45) is 5.95. The van der Waals surface area contributed by atoms with Crippen molar-refractivity contribution >= 4 is 5.91 Å². The van der Waals surface area contributed by atoms with E-state index < -0.39 is 0 Å². The SMILES string of the molecule is COc1ccccc1CCNC(=O)C[NH+]1CCCCCC1. The molecular weight excluding hydrogens is 264 g/mol. The number of para-hydroxylation sites is 1. The lowest BCUT2D eigenvalue weighted by Gasteiger charge is -2.16. The quantitative estimate of drug-likeness (QED) is 0.815. The Morgan fingerprint density at radius 1 is 1.19 bits per heavy atom. The Hall–Kier alpha value is -1.55. The summed E-state index contributed by atoms with van der Waals surface area (Å²) in [5.41, 5.74) is 1.14. The first-order valence-electron chi connectivity index (χ1n) is 8.02. The zero-order valence-corrected chi connectivity index (χ0v) is 13.0. The molecule has 1 heterocycles. The van der Waals surface area contributed by atoms with E-state index in [1.807, 2.05) is 24.3 Å². The first kappa shape index (κ1) is 15.8. The molecule has 1 amide bonds. The largest absolute Gasteiger partial charge is 0.496 e. The van der Waals surface area contributed by atoms with Crippen LogP contribution in [0, 0.1) is 0 Å². The molecule has 21 heavy (non-hydrogen) atoms. The lowest BCUT2D eigenvalue weighted by Crippen LogP contribution is -3.13. The standard InChI is InChI=1S/C17H26N2O2/c1-21-16-9-5-4-8-15(16)10-11-18-17(20)14-19-12-6-2-3-7-13-19/h4-5,8-9H,2-3,6-7,10-14H2,1H3,(H,18,20)/p+1. The number of rotatable bonds is 6. The number of benzene rings is 1. The van der Waals surface area contributed by atoms with E-state index in [9.17, 15) is 4.79 Å². The fourth-order valence-electron chi connectivity index (χ4n) is 2.94. The van der Waals surface area contributed by atoms with Crippen LogP contribution in [0.3, 0.4) is 0 Å². The van der Waals surface area contributed by atoms with Gasteiger partial charge in [0.15, 0.2) is 6.54 Å². The number of quaternary nitrogens is 1. The molecule has 0 saturated carbocycles. The third-order valence-electron chi connectivity index (χ3n) is 4.13. The Balaban J connectivity index is 1.71. The number of amides is 1. The Labute approximate surface area is 127 Å². The van der Waals surface area contributed by atoms with Gasteiger partial charge in [0, 0.05) is 6.54 Å². The predicted molar refractivity (Wildman–Crippen MR) is 83.7 cm³/mol. The van der Waals surface area contributed by atoms with Crippen LogP contribution in [0.25, 0.3) is 0 Å². The summed E-state index contributed by atoms with van der Waals surface area (Å²) in [6, 6.07) is 7.97. The molecule has 4 nitrogen and oxygen atoms in total. The van der Waals surface area contributed by atoms with Gasteiger partial charge in [-0.05, 0) is 43.7 Å². The molecule has 1 aromatic carbocycles. The van der Waals surface area contributed by atoms with Crippen molar-refractivity contribution in [3.05, 3.63) is 29.8 Å². The van der Waals surface area contributed by atoms with E-state index in [1.54, 1.807) is 7.11 Å². The van der Waals surface area contributed by atoms with Crippen molar-refractivity contribution in [2.75, 3.05) is 33.3 Å². The van der Waals surface area contributed by atoms with Crippen molar-refractivity contribution in [2.24, 2.45) is 0 Å². The van der Waals surface area contributed by atoms with Gasteiger partial charge in [0.25, 0.3) is 5.91 Å². The van der Waals surface area contributed by atoms with E-state index in [2.05, 4.69) is 5.32 Å². The highest BCUT2D eigenvalue weighted by atomic mass is 16.5. The lowest BCUT2D eigenvalue weighted by molar-refractivity contribution is -0.891. The third kappa shape index (κ3) is 5.38. The Bertz CT molecular complexity index is 440.